The van der Waals surface area contributed by atoms with Gasteiger partial charge in [0, 0.05) is 19.5 Å². The van der Waals surface area contributed by atoms with Gasteiger partial charge in [-0.05, 0) is 36.3 Å². The first kappa shape index (κ1) is 14.5. The number of rotatable bonds is 4. The van der Waals surface area contributed by atoms with Gasteiger partial charge < -0.3 is 10.0 Å². The minimum absolute atomic E-state index is 0.568. The lowest BCUT2D eigenvalue weighted by Crippen LogP contribution is -2.37. The van der Waals surface area contributed by atoms with Crippen LogP contribution in [0.5, 0.6) is 0 Å². The molecule has 0 aliphatic carbocycles. The Morgan fingerprint density at radius 2 is 1.91 bits per heavy atom. The monoisotopic (exact) mass is 301 g/mol. The summed E-state index contributed by atoms with van der Waals surface area (Å²) in [6, 6.07) is 8.47. The summed E-state index contributed by atoms with van der Waals surface area (Å²) >= 11 is 0. The van der Waals surface area contributed by atoms with E-state index in [2.05, 4.69) is 44.9 Å². The molecule has 2 aromatic rings. The molecule has 7 nitrogen and oxygen atoms in total. The molecular weight excluding hydrogens is 282 g/mol. The van der Waals surface area contributed by atoms with Crippen molar-refractivity contribution in [2.45, 2.75) is 25.7 Å². The molecule has 0 saturated carbocycles. The van der Waals surface area contributed by atoms with Gasteiger partial charge in [-0.3, -0.25) is 0 Å². The summed E-state index contributed by atoms with van der Waals surface area (Å²) in [4.78, 5) is 12.4. The molecule has 0 unspecified atom stereocenters. The summed E-state index contributed by atoms with van der Waals surface area (Å²) in [5.74, 6) is 1.26. The van der Waals surface area contributed by atoms with Crippen molar-refractivity contribution in [1.29, 1.82) is 0 Å². The average Bonchev–Trinajstić information content (AvgIpc) is 3.03. The molecule has 1 aliphatic heterocycles. The van der Waals surface area contributed by atoms with E-state index in [4.69, 9.17) is 5.11 Å². The first-order valence-corrected chi connectivity index (χ1v) is 7.48. The highest BCUT2D eigenvalue weighted by atomic mass is 16.4. The molecular formula is C15H19N5O2. The first-order chi connectivity index (χ1) is 10.7. The highest BCUT2D eigenvalue weighted by molar-refractivity contribution is 5.64. The van der Waals surface area contributed by atoms with Crippen LogP contribution in [-0.2, 0) is 12.8 Å². The number of likely N-dealkylation sites (tertiary alicyclic amines) is 1. The normalized spacial score (nSPS) is 15.9. The van der Waals surface area contributed by atoms with Crippen LogP contribution in [0.4, 0.5) is 4.79 Å². The zero-order valence-electron chi connectivity index (χ0n) is 12.3. The third-order valence-electron chi connectivity index (χ3n) is 4.18. The molecule has 0 radical (unpaired) electrons. The second-order valence-electron chi connectivity index (χ2n) is 5.74. The Morgan fingerprint density at radius 1 is 1.23 bits per heavy atom. The number of benzene rings is 1. The van der Waals surface area contributed by atoms with Gasteiger partial charge in [0.15, 0.2) is 5.82 Å². The number of carbonyl (C=O) groups is 1. The van der Waals surface area contributed by atoms with Crippen LogP contribution < -0.4 is 0 Å². The van der Waals surface area contributed by atoms with Crippen molar-refractivity contribution in [3.63, 3.8) is 0 Å². The number of carboxylic acid groups (broad SMARTS) is 1. The molecule has 1 aliphatic rings. The number of amides is 1. The predicted octanol–water partition coefficient (Wildman–Crippen LogP) is 1.72. The number of piperidine rings is 1. The van der Waals surface area contributed by atoms with Crippen LogP contribution in [0.25, 0.3) is 0 Å². The molecule has 1 aromatic carbocycles. The van der Waals surface area contributed by atoms with E-state index in [0.717, 1.165) is 24.8 Å². The maximum atomic E-state index is 10.9. The number of aromatic nitrogens is 4. The molecule has 0 spiro atoms. The van der Waals surface area contributed by atoms with E-state index in [1.807, 2.05) is 0 Å². The lowest BCUT2D eigenvalue weighted by Gasteiger charge is -2.30. The van der Waals surface area contributed by atoms with Gasteiger partial charge in [0.2, 0.25) is 0 Å². The Hall–Kier alpha value is -2.44. The predicted molar refractivity (Wildman–Crippen MR) is 79.5 cm³/mol. The SMILES string of the molecule is O=C(O)N1CCC(Cc2ccc(Cc3nn[nH]n3)cc2)CC1. The summed E-state index contributed by atoms with van der Waals surface area (Å²) < 4.78 is 0. The van der Waals surface area contributed by atoms with Gasteiger partial charge >= 0.3 is 6.09 Å². The molecule has 1 amide bonds. The Bertz CT molecular complexity index is 603. The highest BCUT2D eigenvalue weighted by Crippen LogP contribution is 2.22. The second-order valence-corrected chi connectivity index (χ2v) is 5.74. The maximum Gasteiger partial charge on any atom is 0.407 e. The smallest absolute Gasteiger partial charge is 0.407 e. The van der Waals surface area contributed by atoms with Crippen LogP contribution in [0.15, 0.2) is 24.3 Å². The zero-order chi connectivity index (χ0) is 15.4. The van der Waals surface area contributed by atoms with Crippen molar-refractivity contribution < 1.29 is 9.90 Å². The Morgan fingerprint density at radius 3 is 2.50 bits per heavy atom. The topological polar surface area (TPSA) is 95.0 Å². The van der Waals surface area contributed by atoms with Gasteiger partial charge in [0.05, 0.1) is 0 Å². The third kappa shape index (κ3) is 3.60. The van der Waals surface area contributed by atoms with Gasteiger partial charge in [-0.2, -0.15) is 5.21 Å². The van der Waals surface area contributed by atoms with Crippen LogP contribution in [0, 0.1) is 5.92 Å². The third-order valence-corrected chi connectivity index (χ3v) is 4.18. The molecule has 7 heteroatoms. The van der Waals surface area contributed by atoms with Gasteiger partial charge in [0.25, 0.3) is 0 Å². The largest absolute Gasteiger partial charge is 0.465 e. The molecule has 116 valence electrons. The number of aromatic amines is 1. The number of H-pyrrole nitrogens is 1. The quantitative estimate of drug-likeness (QED) is 0.896. The Balaban J connectivity index is 1.52. The van der Waals surface area contributed by atoms with E-state index in [9.17, 15) is 4.79 Å². The second kappa shape index (κ2) is 6.55. The van der Waals surface area contributed by atoms with E-state index in [0.29, 0.717) is 31.3 Å². The minimum atomic E-state index is -0.802. The fourth-order valence-electron chi connectivity index (χ4n) is 2.89. The van der Waals surface area contributed by atoms with Crippen molar-refractivity contribution in [1.82, 2.24) is 25.5 Å². The van der Waals surface area contributed by atoms with Crippen molar-refractivity contribution >= 4 is 6.09 Å². The molecule has 3 rings (SSSR count). The fraction of sp³-hybridized carbons (Fsp3) is 0.467. The van der Waals surface area contributed by atoms with Gasteiger partial charge in [-0.25, -0.2) is 4.79 Å². The summed E-state index contributed by atoms with van der Waals surface area (Å²) in [6.07, 6.45) is 2.77. The van der Waals surface area contributed by atoms with E-state index in [1.54, 1.807) is 0 Å². The summed E-state index contributed by atoms with van der Waals surface area (Å²) in [7, 11) is 0. The van der Waals surface area contributed by atoms with Crippen LogP contribution in [0.1, 0.15) is 29.8 Å². The maximum absolute atomic E-state index is 10.9. The first-order valence-electron chi connectivity index (χ1n) is 7.48. The average molecular weight is 301 g/mol. The zero-order valence-corrected chi connectivity index (χ0v) is 12.3. The van der Waals surface area contributed by atoms with E-state index in [1.165, 1.54) is 10.5 Å². The molecule has 1 fully saturated rings. The molecule has 1 saturated heterocycles. The molecule has 2 N–H and O–H groups in total. The van der Waals surface area contributed by atoms with Gasteiger partial charge in [-0.15, -0.1) is 10.2 Å². The van der Waals surface area contributed by atoms with Crippen molar-refractivity contribution in [2.75, 3.05) is 13.1 Å². The Labute approximate surface area is 128 Å². The van der Waals surface area contributed by atoms with E-state index in [-0.39, 0.29) is 0 Å². The van der Waals surface area contributed by atoms with Crippen molar-refractivity contribution in [3.05, 3.63) is 41.2 Å². The lowest BCUT2D eigenvalue weighted by atomic mass is 9.90. The number of hydrogen-bond donors (Lipinski definition) is 2. The number of tetrazole rings is 1. The standard InChI is InChI=1S/C15H19N5O2/c21-15(22)20-7-5-13(6-8-20)9-11-1-3-12(4-2-11)10-14-16-18-19-17-14/h1-4,13H,5-10H2,(H,21,22)(H,16,17,18,19). The van der Waals surface area contributed by atoms with Gasteiger partial charge in [0.1, 0.15) is 0 Å². The minimum Gasteiger partial charge on any atom is -0.465 e. The summed E-state index contributed by atoms with van der Waals surface area (Å²) in [5.41, 5.74) is 2.46. The number of nitrogens with zero attached hydrogens (tertiary/aromatic N) is 4. The summed E-state index contributed by atoms with van der Waals surface area (Å²) in [6.45, 7) is 1.30. The number of nitrogens with one attached hydrogen (secondary N) is 1. The highest BCUT2D eigenvalue weighted by Gasteiger charge is 2.22. The molecule has 2 heterocycles. The van der Waals surface area contributed by atoms with Gasteiger partial charge in [-0.1, -0.05) is 29.5 Å². The molecule has 22 heavy (non-hydrogen) atoms. The molecule has 0 atom stereocenters. The van der Waals surface area contributed by atoms with Crippen LogP contribution in [0.3, 0.4) is 0 Å². The van der Waals surface area contributed by atoms with Crippen molar-refractivity contribution in [2.24, 2.45) is 5.92 Å². The van der Waals surface area contributed by atoms with Crippen LogP contribution in [0.2, 0.25) is 0 Å². The number of hydrogen-bond acceptors (Lipinski definition) is 4. The molecule has 1 aromatic heterocycles. The van der Waals surface area contributed by atoms with E-state index < -0.39 is 6.09 Å². The Kier molecular flexibility index (Phi) is 4.32. The summed E-state index contributed by atoms with van der Waals surface area (Å²) in [5, 5.41) is 22.9. The fourth-order valence-corrected chi connectivity index (χ4v) is 2.89. The molecule has 0 bridgehead atoms. The van der Waals surface area contributed by atoms with E-state index >= 15 is 0 Å². The van der Waals surface area contributed by atoms with Crippen LogP contribution in [-0.4, -0.2) is 49.8 Å². The van der Waals surface area contributed by atoms with Crippen LogP contribution >= 0.6 is 0 Å². The van der Waals surface area contributed by atoms with Crippen molar-refractivity contribution in [3.8, 4) is 0 Å². The lowest BCUT2D eigenvalue weighted by molar-refractivity contribution is 0.124.